The summed E-state index contributed by atoms with van der Waals surface area (Å²) in [6.07, 6.45) is 1.07. The van der Waals surface area contributed by atoms with Gasteiger partial charge in [-0.1, -0.05) is 23.5 Å². The van der Waals surface area contributed by atoms with E-state index >= 15 is 0 Å². The molecule has 0 bridgehead atoms. The minimum Gasteiger partial charge on any atom is -0.497 e. The Labute approximate surface area is 168 Å². The number of methoxy groups -OCH3 is 1. The lowest BCUT2D eigenvalue weighted by Gasteiger charge is -2.13. The molecular formula is C21H23N3O3S. The quantitative estimate of drug-likeness (QED) is 0.570. The Morgan fingerprint density at radius 2 is 1.71 bits per heavy atom. The van der Waals surface area contributed by atoms with Crippen LogP contribution < -0.4 is 14.4 Å². The Bertz CT molecular complexity index is 907. The van der Waals surface area contributed by atoms with Crippen LogP contribution >= 0.6 is 11.3 Å². The third kappa shape index (κ3) is 4.86. The van der Waals surface area contributed by atoms with Crippen molar-refractivity contribution in [2.75, 3.05) is 25.7 Å². The Morgan fingerprint density at radius 1 is 1.04 bits per heavy atom. The number of hydrogen-bond acceptors (Lipinski definition) is 6. The number of benzene rings is 2. The lowest BCUT2D eigenvalue weighted by atomic mass is 10.1. The second-order valence-corrected chi connectivity index (χ2v) is 7.10. The zero-order valence-corrected chi connectivity index (χ0v) is 17.0. The molecule has 1 aromatic heterocycles. The van der Waals surface area contributed by atoms with Crippen LogP contribution in [0.3, 0.4) is 0 Å². The van der Waals surface area contributed by atoms with Gasteiger partial charge in [0.15, 0.2) is 0 Å². The first-order valence-corrected chi connectivity index (χ1v) is 9.88. The van der Waals surface area contributed by atoms with Crippen LogP contribution in [0.25, 0.3) is 10.6 Å². The van der Waals surface area contributed by atoms with E-state index in [-0.39, 0.29) is 5.91 Å². The smallest absolute Gasteiger partial charge is 0.228 e. The first-order valence-electron chi connectivity index (χ1n) is 9.07. The molecule has 0 unspecified atom stereocenters. The molecule has 3 aromatic rings. The third-order valence-corrected chi connectivity index (χ3v) is 5.32. The summed E-state index contributed by atoms with van der Waals surface area (Å²) in [5.74, 6) is 1.63. The minimum absolute atomic E-state index is 0.00483. The SMILES string of the molecule is CCOc1ccc(-c2nnc(N(C)C(=O)CCc3ccc(OC)cc3)s2)cc1. The highest BCUT2D eigenvalue weighted by Gasteiger charge is 2.16. The molecule has 28 heavy (non-hydrogen) atoms. The number of hydrogen-bond donors (Lipinski definition) is 0. The van der Waals surface area contributed by atoms with Gasteiger partial charge in [-0.25, -0.2) is 0 Å². The summed E-state index contributed by atoms with van der Waals surface area (Å²) >= 11 is 1.39. The maximum atomic E-state index is 12.5. The molecule has 146 valence electrons. The van der Waals surface area contributed by atoms with Gasteiger partial charge in [0.05, 0.1) is 13.7 Å². The van der Waals surface area contributed by atoms with Crippen molar-refractivity contribution in [3.05, 3.63) is 54.1 Å². The van der Waals surface area contributed by atoms with E-state index in [9.17, 15) is 4.79 Å². The topological polar surface area (TPSA) is 64.6 Å². The monoisotopic (exact) mass is 397 g/mol. The van der Waals surface area contributed by atoms with E-state index in [1.54, 1.807) is 19.1 Å². The summed E-state index contributed by atoms with van der Waals surface area (Å²) in [5.41, 5.74) is 2.04. The second-order valence-electron chi connectivity index (χ2n) is 6.15. The van der Waals surface area contributed by atoms with Crippen LogP contribution in [0.5, 0.6) is 11.5 Å². The molecule has 0 atom stereocenters. The van der Waals surface area contributed by atoms with Gasteiger partial charge in [0, 0.05) is 19.0 Å². The first-order chi connectivity index (χ1) is 13.6. The van der Waals surface area contributed by atoms with Crippen molar-refractivity contribution in [1.29, 1.82) is 0 Å². The maximum Gasteiger partial charge on any atom is 0.228 e. The molecule has 0 N–H and O–H groups in total. The number of rotatable bonds is 8. The summed E-state index contributed by atoms with van der Waals surface area (Å²) in [6.45, 7) is 2.58. The zero-order chi connectivity index (χ0) is 19.9. The molecule has 0 spiro atoms. The van der Waals surface area contributed by atoms with E-state index in [1.165, 1.54) is 11.3 Å². The van der Waals surface area contributed by atoms with E-state index in [4.69, 9.17) is 9.47 Å². The van der Waals surface area contributed by atoms with Gasteiger partial charge in [0.2, 0.25) is 11.0 Å². The standard InChI is InChI=1S/C21H23N3O3S/c1-4-27-18-12-8-16(9-13-18)20-22-23-21(28-20)24(2)19(25)14-7-15-5-10-17(26-3)11-6-15/h5-6,8-13H,4,7,14H2,1-3H3. The number of aromatic nitrogens is 2. The molecule has 1 heterocycles. The van der Waals surface area contributed by atoms with Gasteiger partial charge < -0.3 is 9.47 Å². The van der Waals surface area contributed by atoms with Crippen LogP contribution in [0.2, 0.25) is 0 Å². The molecule has 0 radical (unpaired) electrons. The fourth-order valence-corrected chi connectivity index (χ4v) is 3.47. The molecule has 1 amide bonds. The summed E-state index contributed by atoms with van der Waals surface area (Å²) in [5, 5.41) is 9.76. The Balaban J connectivity index is 1.60. The van der Waals surface area contributed by atoms with Crippen LogP contribution in [-0.2, 0) is 11.2 Å². The number of carbonyl (C=O) groups excluding carboxylic acids is 1. The molecule has 0 aliphatic carbocycles. The van der Waals surface area contributed by atoms with Crippen molar-refractivity contribution in [2.45, 2.75) is 19.8 Å². The molecule has 0 aliphatic rings. The number of carbonyl (C=O) groups is 1. The van der Waals surface area contributed by atoms with Crippen molar-refractivity contribution >= 4 is 22.4 Å². The molecule has 2 aromatic carbocycles. The largest absolute Gasteiger partial charge is 0.497 e. The number of amides is 1. The number of nitrogens with zero attached hydrogens (tertiary/aromatic N) is 3. The molecule has 3 rings (SSSR count). The molecule has 0 aliphatic heterocycles. The van der Waals surface area contributed by atoms with Crippen LogP contribution in [0.15, 0.2) is 48.5 Å². The van der Waals surface area contributed by atoms with Crippen molar-refractivity contribution in [2.24, 2.45) is 0 Å². The summed E-state index contributed by atoms with van der Waals surface area (Å²) in [7, 11) is 3.37. The van der Waals surface area contributed by atoms with E-state index in [0.29, 0.717) is 24.6 Å². The summed E-state index contributed by atoms with van der Waals surface area (Å²) < 4.78 is 10.6. The highest BCUT2D eigenvalue weighted by molar-refractivity contribution is 7.18. The van der Waals surface area contributed by atoms with Crippen LogP contribution in [-0.4, -0.2) is 36.9 Å². The van der Waals surface area contributed by atoms with Crippen LogP contribution in [0, 0.1) is 0 Å². The van der Waals surface area contributed by atoms with Crippen LogP contribution in [0.4, 0.5) is 5.13 Å². The highest BCUT2D eigenvalue weighted by Crippen LogP contribution is 2.29. The molecule has 0 saturated heterocycles. The van der Waals surface area contributed by atoms with Crippen LogP contribution in [0.1, 0.15) is 18.9 Å². The molecule has 7 heteroatoms. The van der Waals surface area contributed by atoms with E-state index in [2.05, 4.69) is 10.2 Å². The summed E-state index contributed by atoms with van der Waals surface area (Å²) in [4.78, 5) is 14.1. The average Bonchev–Trinajstić information content (AvgIpc) is 3.23. The Kier molecular flexibility index (Phi) is 6.60. The van der Waals surface area contributed by atoms with Crippen molar-refractivity contribution < 1.29 is 14.3 Å². The average molecular weight is 398 g/mol. The van der Waals surface area contributed by atoms with Gasteiger partial charge in [-0.2, -0.15) is 0 Å². The molecular weight excluding hydrogens is 374 g/mol. The summed E-state index contributed by atoms with van der Waals surface area (Å²) in [6, 6.07) is 15.5. The van der Waals surface area contributed by atoms with Gasteiger partial charge >= 0.3 is 0 Å². The van der Waals surface area contributed by atoms with Gasteiger partial charge in [0.25, 0.3) is 0 Å². The maximum absolute atomic E-state index is 12.5. The zero-order valence-electron chi connectivity index (χ0n) is 16.2. The predicted octanol–water partition coefficient (Wildman–Crippen LogP) is 4.21. The van der Waals surface area contributed by atoms with Gasteiger partial charge in [-0.15, -0.1) is 10.2 Å². The second kappa shape index (κ2) is 9.32. The van der Waals surface area contributed by atoms with E-state index in [0.717, 1.165) is 27.6 Å². The number of anilines is 1. The Hall–Kier alpha value is -2.93. The molecule has 6 nitrogen and oxygen atoms in total. The number of aryl methyl sites for hydroxylation is 1. The van der Waals surface area contributed by atoms with E-state index < -0.39 is 0 Å². The van der Waals surface area contributed by atoms with Gasteiger partial charge in [0.1, 0.15) is 16.5 Å². The number of ether oxygens (including phenoxy) is 2. The fraction of sp³-hybridized carbons (Fsp3) is 0.286. The molecule has 0 saturated carbocycles. The fourth-order valence-electron chi connectivity index (χ4n) is 2.65. The van der Waals surface area contributed by atoms with Gasteiger partial charge in [-0.05, 0) is 55.3 Å². The molecule has 0 fully saturated rings. The lowest BCUT2D eigenvalue weighted by Crippen LogP contribution is -2.26. The Morgan fingerprint density at radius 3 is 2.36 bits per heavy atom. The minimum atomic E-state index is 0.00483. The first kappa shape index (κ1) is 19.8. The predicted molar refractivity (Wildman–Crippen MR) is 111 cm³/mol. The lowest BCUT2D eigenvalue weighted by molar-refractivity contribution is -0.118. The van der Waals surface area contributed by atoms with Crippen molar-refractivity contribution in [3.63, 3.8) is 0 Å². The van der Waals surface area contributed by atoms with Crippen molar-refractivity contribution in [1.82, 2.24) is 10.2 Å². The van der Waals surface area contributed by atoms with Gasteiger partial charge in [-0.3, -0.25) is 9.69 Å². The third-order valence-electron chi connectivity index (χ3n) is 4.27. The highest BCUT2D eigenvalue weighted by atomic mass is 32.1. The van der Waals surface area contributed by atoms with Crippen molar-refractivity contribution in [3.8, 4) is 22.1 Å². The normalized spacial score (nSPS) is 10.5. The van der Waals surface area contributed by atoms with E-state index in [1.807, 2.05) is 55.5 Å².